The molecule has 0 amide bonds. The molecule has 2 nitrogen and oxygen atoms in total. The van der Waals surface area contributed by atoms with Crippen molar-refractivity contribution in [1.29, 1.82) is 0 Å². The molecule has 1 aliphatic carbocycles. The van der Waals surface area contributed by atoms with Crippen LogP contribution >= 0.6 is 0 Å². The maximum atomic E-state index is 5.36. The number of ether oxygens (including phenoxy) is 1. The topological polar surface area (TPSA) is 21.3 Å². The van der Waals surface area contributed by atoms with E-state index in [-0.39, 0.29) is 0 Å². The smallest absolute Gasteiger partial charge is 0.119 e. The highest BCUT2D eigenvalue weighted by molar-refractivity contribution is 5.66. The molecule has 1 N–H and O–H groups in total. The van der Waals surface area contributed by atoms with Crippen molar-refractivity contribution in [3.05, 3.63) is 59.2 Å². The number of fused-ring (bicyclic) bond motifs is 5. The van der Waals surface area contributed by atoms with E-state index < -0.39 is 0 Å². The summed E-state index contributed by atoms with van der Waals surface area (Å²) in [6.07, 6.45) is 1.11. The average molecular weight is 237 g/mol. The summed E-state index contributed by atoms with van der Waals surface area (Å²) in [6, 6.07) is 15.6. The van der Waals surface area contributed by atoms with Crippen LogP contribution in [-0.4, -0.2) is 13.2 Å². The third kappa shape index (κ3) is 1.23. The molecular formula is C16H15NO. The standard InChI is InChI=1S/C16H15NO/c1-18-11-7-6-10-8-15-16(13(10)9-11)12-4-2-3-5-14(12)17-15/h2-7,9,15-17H,8H2,1H3/t15-,16+/m1/s1. The van der Waals surface area contributed by atoms with Crippen molar-refractivity contribution in [2.45, 2.75) is 18.4 Å². The number of nitrogens with one attached hydrogen (secondary N) is 1. The predicted molar refractivity (Wildman–Crippen MR) is 72.4 cm³/mol. The second-order valence-electron chi connectivity index (χ2n) is 5.08. The molecule has 0 aromatic heterocycles. The van der Waals surface area contributed by atoms with Crippen LogP contribution in [0.2, 0.25) is 0 Å². The van der Waals surface area contributed by atoms with Gasteiger partial charge in [-0.3, -0.25) is 0 Å². The van der Waals surface area contributed by atoms with Crippen molar-refractivity contribution in [2.24, 2.45) is 0 Å². The van der Waals surface area contributed by atoms with Crippen LogP contribution in [0.1, 0.15) is 22.6 Å². The van der Waals surface area contributed by atoms with Gasteiger partial charge in [-0.1, -0.05) is 24.3 Å². The number of hydrogen-bond acceptors (Lipinski definition) is 2. The molecule has 2 heteroatoms. The second-order valence-corrected chi connectivity index (χ2v) is 5.08. The van der Waals surface area contributed by atoms with Gasteiger partial charge in [0.1, 0.15) is 5.75 Å². The number of anilines is 1. The molecule has 2 atom stereocenters. The third-order valence-electron chi connectivity index (χ3n) is 4.17. The first kappa shape index (κ1) is 10.0. The van der Waals surface area contributed by atoms with Gasteiger partial charge in [-0.2, -0.15) is 0 Å². The zero-order chi connectivity index (χ0) is 12.1. The van der Waals surface area contributed by atoms with Gasteiger partial charge < -0.3 is 10.1 Å². The molecule has 18 heavy (non-hydrogen) atoms. The average Bonchev–Trinajstić information content (AvgIpc) is 2.93. The highest BCUT2D eigenvalue weighted by atomic mass is 16.5. The minimum Gasteiger partial charge on any atom is -0.497 e. The van der Waals surface area contributed by atoms with E-state index >= 15 is 0 Å². The number of para-hydroxylation sites is 1. The largest absolute Gasteiger partial charge is 0.497 e. The zero-order valence-electron chi connectivity index (χ0n) is 10.3. The lowest BCUT2D eigenvalue weighted by molar-refractivity contribution is 0.414. The molecule has 4 rings (SSSR count). The van der Waals surface area contributed by atoms with E-state index in [2.05, 4.69) is 47.8 Å². The van der Waals surface area contributed by atoms with E-state index in [1.165, 1.54) is 22.4 Å². The summed E-state index contributed by atoms with van der Waals surface area (Å²) >= 11 is 0. The highest BCUT2D eigenvalue weighted by Gasteiger charge is 2.39. The Bertz CT molecular complexity index is 620. The molecule has 0 radical (unpaired) electrons. The van der Waals surface area contributed by atoms with E-state index in [1.807, 2.05) is 0 Å². The highest BCUT2D eigenvalue weighted by Crippen LogP contribution is 2.47. The van der Waals surface area contributed by atoms with Gasteiger partial charge in [0, 0.05) is 17.6 Å². The van der Waals surface area contributed by atoms with Crippen molar-refractivity contribution in [2.75, 3.05) is 12.4 Å². The van der Waals surface area contributed by atoms with Crippen molar-refractivity contribution < 1.29 is 4.74 Å². The fraction of sp³-hybridized carbons (Fsp3) is 0.250. The van der Waals surface area contributed by atoms with Gasteiger partial charge in [-0.25, -0.2) is 0 Å². The first-order valence-electron chi connectivity index (χ1n) is 6.39. The summed E-state index contributed by atoms with van der Waals surface area (Å²) in [7, 11) is 1.73. The third-order valence-corrected chi connectivity index (χ3v) is 4.17. The van der Waals surface area contributed by atoms with Gasteiger partial charge in [0.05, 0.1) is 7.11 Å². The normalized spacial score (nSPS) is 22.9. The minimum atomic E-state index is 0.492. The summed E-state index contributed by atoms with van der Waals surface area (Å²) < 4.78 is 5.36. The number of hydrogen-bond donors (Lipinski definition) is 1. The van der Waals surface area contributed by atoms with Gasteiger partial charge in [0.25, 0.3) is 0 Å². The Hall–Kier alpha value is -1.96. The first-order valence-corrected chi connectivity index (χ1v) is 6.39. The summed E-state index contributed by atoms with van der Waals surface area (Å²) in [5.74, 6) is 1.45. The lowest BCUT2D eigenvalue weighted by Gasteiger charge is -2.11. The Kier molecular flexibility index (Phi) is 1.95. The molecule has 2 aromatic carbocycles. The molecule has 2 aliphatic rings. The SMILES string of the molecule is COc1ccc2c(c1)[C@@H]1c3ccccc3N[C@@H]1C2. The summed E-state index contributed by atoms with van der Waals surface area (Å²) in [6.45, 7) is 0. The summed E-state index contributed by atoms with van der Waals surface area (Å²) in [5, 5.41) is 3.64. The number of benzene rings is 2. The fourth-order valence-electron chi connectivity index (χ4n) is 3.36. The maximum Gasteiger partial charge on any atom is 0.119 e. The van der Waals surface area contributed by atoms with Crippen molar-refractivity contribution in [3.63, 3.8) is 0 Å². The summed E-state index contributed by atoms with van der Waals surface area (Å²) in [4.78, 5) is 0. The second kappa shape index (κ2) is 3.52. The van der Waals surface area contributed by atoms with Gasteiger partial charge in [0.2, 0.25) is 0 Å². The summed E-state index contributed by atoms with van der Waals surface area (Å²) in [5.41, 5.74) is 5.60. The van der Waals surface area contributed by atoms with Crippen LogP contribution in [0.5, 0.6) is 5.75 Å². The molecule has 90 valence electrons. The van der Waals surface area contributed by atoms with Crippen LogP contribution in [0.3, 0.4) is 0 Å². The van der Waals surface area contributed by atoms with Crippen molar-refractivity contribution >= 4 is 5.69 Å². The van der Waals surface area contributed by atoms with Crippen molar-refractivity contribution in [3.8, 4) is 5.75 Å². The Morgan fingerprint density at radius 1 is 1.11 bits per heavy atom. The van der Waals surface area contributed by atoms with Crippen LogP contribution in [0, 0.1) is 0 Å². The Morgan fingerprint density at radius 2 is 2.00 bits per heavy atom. The van der Waals surface area contributed by atoms with Crippen LogP contribution in [0.15, 0.2) is 42.5 Å². The van der Waals surface area contributed by atoms with E-state index in [1.54, 1.807) is 7.11 Å². The van der Waals surface area contributed by atoms with Gasteiger partial charge in [0.15, 0.2) is 0 Å². The van der Waals surface area contributed by atoms with E-state index in [0.717, 1.165) is 12.2 Å². The van der Waals surface area contributed by atoms with Gasteiger partial charge in [-0.05, 0) is 41.3 Å². The lowest BCUT2D eigenvalue weighted by Crippen LogP contribution is -2.16. The monoisotopic (exact) mass is 237 g/mol. The molecule has 0 spiro atoms. The molecule has 0 saturated heterocycles. The Morgan fingerprint density at radius 3 is 2.89 bits per heavy atom. The van der Waals surface area contributed by atoms with E-state index in [0.29, 0.717) is 12.0 Å². The predicted octanol–water partition coefficient (Wildman–Crippen LogP) is 3.18. The zero-order valence-corrected chi connectivity index (χ0v) is 10.3. The quantitative estimate of drug-likeness (QED) is 0.822. The Balaban J connectivity index is 1.88. The molecular weight excluding hydrogens is 222 g/mol. The lowest BCUT2D eigenvalue weighted by atomic mass is 9.93. The molecule has 0 saturated carbocycles. The van der Waals surface area contributed by atoms with Crippen LogP contribution in [0.4, 0.5) is 5.69 Å². The van der Waals surface area contributed by atoms with Crippen molar-refractivity contribution in [1.82, 2.24) is 0 Å². The maximum absolute atomic E-state index is 5.36. The molecule has 0 bridgehead atoms. The fourth-order valence-corrected chi connectivity index (χ4v) is 3.36. The molecule has 0 unspecified atom stereocenters. The van der Waals surface area contributed by atoms with E-state index in [4.69, 9.17) is 4.74 Å². The molecule has 1 heterocycles. The van der Waals surface area contributed by atoms with Crippen LogP contribution in [-0.2, 0) is 6.42 Å². The molecule has 2 aromatic rings. The minimum absolute atomic E-state index is 0.492. The number of methoxy groups -OCH3 is 1. The van der Waals surface area contributed by atoms with Crippen LogP contribution < -0.4 is 10.1 Å². The Labute approximate surface area is 107 Å². The van der Waals surface area contributed by atoms with Gasteiger partial charge in [-0.15, -0.1) is 0 Å². The first-order chi connectivity index (χ1) is 8.86. The van der Waals surface area contributed by atoms with E-state index in [9.17, 15) is 0 Å². The van der Waals surface area contributed by atoms with Crippen LogP contribution in [0.25, 0.3) is 0 Å². The number of rotatable bonds is 1. The van der Waals surface area contributed by atoms with Gasteiger partial charge >= 0.3 is 0 Å². The molecule has 1 aliphatic heterocycles. The molecule has 0 fully saturated rings.